The first-order chi connectivity index (χ1) is 22.2. The van der Waals surface area contributed by atoms with E-state index in [9.17, 15) is 4.79 Å². The molecule has 4 aromatic rings. The molecule has 46 heavy (non-hydrogen) atoms. The van der Waals surface area contributed by atoms with E-state index in [0.29, 0.717) is 11.0 Å². The van der Waals surface area contributed by atoms with E-state index in [1.807, 2.05) is 6.07 Å². The maximum atomic E-state index is 13.8. The number of fused-ring (bicyclic) bond motifs is 5. The predicted octanol–water partition coefficient (Wildman–Crippen LogP) is 12.2. The minimum absolute atomic E-state index is 0.0293. The molecule has 0 aliphatic heterocycles. The van der Waals surface area contributed by atoms with Crippen LogP contribution in [0, 0.1) is 46.3 Å². The smallest absolute Gasteiger partial charge is 0.339 e. The third-order valence-electron chi connectivity index (χ3n) is 14.3. The Morgan fingerprint density at radius 3 is 2.35 bits per heavy atom. The Labute approximate surface area is 276 Å². The summed E-state index contributed by atoms with van der Waals surface area (Å²) in [7, 11) is 0. The number of ether oxygens (including phenoxy) is 1. The zero-order valence-corrected chi connectivity index (χ0v) is 28.9. The van der Waals surface area contributed by atoms with Crippen LogP contribution in [-0.2, 0) is 4.74 Å². The Morgan fingerprint density at radius 2 is 1.57 bits per heavy atom. The number of allylic oxidation sites excluding steroid dienone is 1. The average molecular weight is 615 g/mol. The van der Waals surface area contributed by atoms with E-state index in [4.69, 9.17) is 4.74 Å². The lowest BCUT2D eigenvalue weighted by atomic mass is 9.47. The lowest BCUT2D eigenvalue weighted by molar-refractivity contribution is -0.0594. The molecule has 0 unspecified atom stereocenters. The summed E-state index contributed by atoms with van der Waals surface area (Å²) in [4.78, 5) is 13.8. The number of carbonyl (C=O) groups excluding carboxylic acids is 1. The molecule has 0 aromatic heterocycles. The molecule has 0 heterocycles. The molecule has 8 rings (SSSR count). The van der Waals surface area contributed by atoms with Crippen LogP contribution in [0.25, 0.3) is 32.3 Å². The van der Waals surface area contributed by atoms with Gasteiger partial charge >= 0.3 is 5.97 Å². The van der Waals surface area contributed by atoms with Crippen LogP contribution in [0.1, 0.15) is 116 Å². The molecule has 4 aromatic carbocycles. The molecular formula is C44H54O2. The highest BCUT2D eigenvalue weighted by molar-refractivity contribution is 6.25. The van der Waals surface area contributed by atoms with Gasteiger partial charge in [0, 0.05) is 6.42 Å². The van der Waals surface area contributed by atoms with Crippen molar-refractivity contribution in [3.8, 4) is 0 Å². The molecule has 2 nitrogen and oxygen atoms in total. The van der Waals surface area contributed by atoms with Crippen molar-refractivity contribution in [3.63, 3.8) is 0 Å². The fourth-order valence-electron chi connectivity index (χ4n) is 11.9. The second kappa shape index (κ2) is 11.4. The second-order valence-electron chi connectivity index (χ2n) is 17.0. The van der Waals surface area contributed by atoms with Crippen LogP contribution in [-0.4, -0.2) is 12.1 Å². The first-order valence-corrected chi connectivity index (χ1v) is 18.7. The molecular weight excluding hydrogens is 560 g/mol. The van der Waals surface area contributed by atoms with Crippen LogP contribution in [0.5, 0.6) is 0 Å². The predicted molar refractivity (Wildman–Crippen MR) is 192 cm³/mol. The maximum Gasteiger partial charge on any atom is 0.339 e. The van der Waals surface area contributed by atoms with E-state index < -0.39 is 0 Å². The molecule has 4 aliphatic rings. The van der Waals surface area contributed by atoms with Gasteiger partial charge in [-0.15, -0.1) is 0 Å². The summed E-state index contributed by atoms with van der Waals surface area (Å²) in [6, 6.07) is 19.2. The van der Waals surface area contributed by atoms with Crippen molar-refractivity contribution in [3.05, 3.63) is 71.8 Å². The summed E-state index contributed by atoms with van der Waals surface area (Å²) in [5.41, 5.74) is 3.08. The van der Waals surface area contributed by atoms with Gasteiger partial charge in [-0.2, -0.15) is 0 Å². The number of rotatable bonds is 7. The standard InChI is InChI=1S/C44H54O2/c1-27(2)8-6-9-28(3)37-20-21-38-36-19-16-32-26-33(22-24-43(32,4)39(36)23-25-44(37,38)5)46-42(45)35-18-15-31-13-12-29-10-7-11-30-14-17-34(35)41(31)40(29)30/h7,10-18,27-28,33,36-39H,6,8-9,19-26H2,1-5H3/t28-,33-,36+,37-,38-,39-,43+,44-/m1/s1. The molecule has 0 bridgehead atoms. The highest BCUT2D eigenvalue weighted by atomic mass is 16.5. The first-order valence-electron chi connectivity index (χ1n) is 18.7. The maximum absolute atomic E-state index is 13.8. The van der Waals surface area contributed by atoms with Crippen LogP contribution in [0.15, 0.2) is 66.2 Å². The third kappa shape index (κ3) is 4.75. The second-order valence-corrected chi connectivity index (χ2v) is 17.0. The third-order valence-corrected chi connectivity index (χ3v) is 14.3. The van der Waals surface area contributed by atoms with Crippen molar-refractivity contribution in [2.24, 2.45) is 46.3 Å². The van der Waals surface area contributed by atoms with Gasteiger partial charge in [-0.05, 0) is 130 Å². The highest BCUT2D eigenvalue weighted by Crippen LogP contribution is 2.67. The fraction of sp³-hybridized carbons (Fsp3) is 0.568. The molecule has 3 saturated carbocycles. The number of benzene rings is 4. The van der Waals surface area contributed by atoms with Crippen LogP contribution in [0.3, 0.4) is 0 Å². The molecule has 8 atom stereocenters. The zero-order chi connectivity index (χ0) is 31.8. The van der Waals surface area contributed by atoms with Crippen LogP contribution >= 0.6 is 0 Å². The Morgan fingerprint density at radius 1 is 0.826 bits per heavy atom. The molecule has 0 radical (unpaired) electrons. The van der Waals surface area contributed by atoms with E-state index in [-0.39, 0.29) is 17.5 Å². The molecule has 0 saturated heterocycles. The molecule has 4 aliphatic carbocycles. The van der Waals surface area contributed by atoms with Crippen LogP contribution in [0.4, 0.5) is 0 Å². The minimum Gasteiger partial charge on any atom is -0.458 e. The van der Waals surface area contributed by atoms with E-state index in [1.54, 1.807) is 5.57 Å². The Bertz CT molecular complexity index is 1780. The quantitative estimate of drug-likeness (QED) is 0.118. The SMILES string of the molecule is CC(C)CCC[C@@H](C)[C@H]1CC[C@@H]2[C@@H]3CC=C4C[C@H](OC(=O)c5ccc6ccc7cccc8ccc5c6c78)CC[C@]4(C)[C@@H]3CC[C@@]21C. The van der Waals surface area contributed by atoms with E-state index in [1.165, 1.54) is 78.3 Å². The van der Waals surface area contributed by atoms with E-state index in [0.717, 1.165) is 60.2 Å². The molecule has 0 spiro atoms. The largest absolute Gasteiger partial charge is 0.458 e. The van der Waals surface area contributed by atoms with Gasteiger partial charge in [-0.3, -0.25) is 0 Å². The summed E-state index contributed by atoms with van der Waals surface area (Å²) in [5, 5.41) is 7.08. The minimum atomic E-state index is -0.159. The lowest BCUT2D eigenvalue weighted by Gasteiger charge is -2.58. The summed E-state index contributed by atoms with van der Waals surface area (Å²) >= 11 is 0. The van der Waals surface area contributed by atoms with Crippen molar-refractivity contribution in [2.45, 2.75) is 111 Å². The van der Waals surface area contributed by atoms with Crippen molar-refractivity contribution in [2.75, 3.05) is 0 Å². The van der Waals surface area contributed by atoms with Gasteiger partial charge in [-0.25, -0.2) is 4.79 Å². The lowest BCUT2D eigenvalue weighted by Crippen LogP contribution is -2.51. The molecule has 0 N–H and O–H groups in total. The molecule has 242 valence electrons. The highest BCUT2D eigenvalue weighted by Gasteiger charge is 2.59. The van der Waals surface area contributed by atoms with Crippen molar-refractivity contribution >= 4 is 38.3 Å². The first kappa shape index (κ1) is 30.5. The fourth-order valence-corrected chi connectivity index (χ4v) is 11.9. The van der Waals surface area contributed by atoms with Gasteiger partial charge in [0.1, 0.15) is 6.10 Å². The number of esters is 1. The van der Waals surface area contributed by atoms with Gasteiger partial charge in [0.2, 0.25) is 0 Å². The van der Waals surface area contributed by atoms with Crippen LogP contribution in [0.2, 0.25) is 0 Å². The van der Waals surface area contributed by atoms with Gasteiger partial charge in [-0.1, -0.05) is 114 Å². The zero-order valence-electron chi connectivity index (χ0n) is 28.9. The average Bonchev–Trinajstić information content (AvgIpc) is 3.41. The monoisotopic (exact) mass is 614 g/mol. The number of hydrogen-bond donors (Lipinski definition) is 0. The number of hydrogen-bond acceptors (Lipinski definition) is 2. The molecule has 3 fully saturated rings. The summed E-state index contributed by atoms with van der Waals surface area (Å²) in [6.07, 6.45) is 16.7. The number of carbonyl (C=O) groups is 1. The van der Waals surface area contributed by atoms with Gasteiger partial charge in [0.25, 0.3) is 0 Å². The van der Waals surface area contributed by atoms with Gasteiger partial charge in [0.15, 0.2) is 0 Å². The van der Waals surface area contributed by atoms with Gasteiger partial charge in [0.05, 0.1) is 5.56 Å². The summed E-state index contributed by atoms with van der Waals surface area (Å²) in [5.74, 6) is 4.92. The van der Waals surface area contributed by atoms with Crippen LogP contribution < -0.4 is 0 Å². The molecule has 2 heteroatoms. The van der Waals surface area contributed by atoms with Crippen molar-refractivity contribution in [1.29, 1.82) is 0 Å². The summed E-state index contributed by atoms with van der Waals surface area (Å²) < 4.78 is 6.39. The molecule has 0 amide bonds. The van der Waals surface area contributed by atoms with E-state index in [2.05, 4.69) is 89.2 Å². The normalized spacial score (nSPS) is 33.2. The Hall–Kier alpha value is -2.87. The van der Waals surface area contributed by atoms with Gasteiger partial charge < -0.3 is 4.74 Å². The van der Waals surface area contributed by atoms with E-state index >= 15 is 0 Å². The Kier molecular flexibility index (Phi) is 7.54. The Balaban J connectivity index is 0.985. The van der Waals surface area contributed by atoms with Crippen molar-refractivity contribution < 1.29 is 9.53 Å². The topological polar surface area (TPSA) is 26.3 Å². The van der Waals surface area contributed by atoms with Crippen molar-refractivity contribution in [1.82, 2.24) is 0 Å². The summed E-state index contributed by atoms with van der Waals surface area (Å²) in [6.45, 7) is 12.6.